The summed E-state index contributed by atoms with van der Waals surface area (Å²) in [7, 11) is 0. The van der Waals surface area contributed by atoms with Crippen molar-refractivity contribution in [3.63, 3.8) is 0 Å². The van der Waals surface area contributed by atoms with E-state index in [1.165, 1.54) is 6.07 Å². The third-order valence-electron chi connectivity index (χ3n) is 5.35. The Kier molecular flexibility index (Phi) is 7.05. The summed E-state index contributed by atoms with van der Waals surface area (Å²) in [6.45, 7) is 5.76. The van der Waals surface area contributed by atoms with E-state index in [0.29, 0.717) is 23.6 Å². The highest BCUT2D eigenvalue weighted by Gasteiger charge is 2.21. The van der Waals surface area contributed by atoms with Crippen molar-refractivity contribution < 1.29 is 22.6 Å². The summed E-state index contributed by atoms with van der Waals surface area (Å²) in [4.78, 5) is 9.04. The molecule has 10 heteroatoms. The number of nitrogens with zero attached hydrogens (tertiary/aromatic N) is 2. The number of amidine groups is 1. The monoisotopic (exact) mass is 497 g/mol. The van der Waals surface area contributed by atoms with Crippen molar-refractivity contribution in [1.29, 1.82) is 5.41 Å². The number of aromatic nitrogens is 2. The van der Waals surface area contributed by atoms with Crippen LogP contribution in [-0.4, -0.2) is 28.5 Å². The van der Waals surface area contributed by atoms with Gasteiger partial charge in [-0.1, -0.05) is 0 Å². The number of ether oxygens (including phenoxy) is 2. The van der Waals surface area contributed by atoms with E-state index in [1.54, 1.807) is 49.1 Å². The summed E-state index contributed by atoms with van der Waals surface area (Å²) in [6.07, 6.45) is -0.264. The number of hydrogen-bond donors (Lipinski definition) is 3. The number of H-pyrrole nitrogens is 1. The second-order valence-corrected chi connectivity index (χ2v) is 8.38. The van der Waals surface area contributed by atoms with Gasteiger partial charge in [0.1, 0.15) is 11.6 Å². The van der Waals surface area contributed by atoms with Gasteiger partial charge in [0.2, 0.25) is 5.95 Å². The third-order valence-corrected chi connectivity index (χ3v) is 5.35. The molecule has 4 rings (SSSR count). The van der Waals surface area contributed by atoms with Crippen LogP contribution in [0.4, 0.5) is 24.8 Å². The molecule has 0 aliphatic carbocycles. The second kappa shape index (κ2) is 10.2. The molecule has 36 heavy (non-hydrogen) atoms. The Morgan fingerprint density at radius 2 is 1.78 bits per heavy atom. The number of aromatic amines is 1. The van der Waals surface area contributed by atoms with Gasteiger partial charge in [-0.15, -0.1) is 0 Å². The molecule has 188 valence electrons. The maximum Gasteiger partial charge on any atom is 0.208 e. The average molecular weight is 498 g/mol. The highest BCUT2D eigenvalue weighted by atomic mass is 19.2. The van der Waals surface area contributed by atoms with Crippen LogP contribution >= 0.6 is 0 Å². The van der Waals surface area contributed by atoms with Crippen molar-refractivity contribution in [3.05, 3.63) is 77.1 Å². The number of nitrogen functional groups attached to an aromatic ring is 1. The first-order chi connectivity index (χ1) is 17.2. The molecular weight excluding hydrogens is 471 g/mol. The minimum atomic E-state index is -1.02. The van der Waals surface area contributed by atoms with Crippen LogP contribution in [0.3, 0.4) is 0 Å². The topological polar surface area (TPSA) is 100 Å². The summed E-state index contributed by atoms with van der Waals surface area (Å²) in [6, 6.07) is 11.8. The van der Waals surface area contributed by atoms with Crippen LogP contribution in [0.5, 0.6) is 11.5 Å². The van der Waals surface area contributed by atoms with Crippen LogP contribution in [0.25, 0.3) is 11.0 Å². The molecule has 4 N–H and O–H groups in total. The van der Waals surface area contributed by atoms with Gasteiger partial charge in [0.05, 0.1) is 30.3 Å². The number of nitrogens with one attached hydrogen (secondary N) is 2. The number of anilines is 2. The van der Waals surface area contributed by atoms with Gasteiger partial charge in [0.25, 0.3) is 0 Å². The van der Waals surface area contributed by atoms with Gasteiger partial charge >= 0.3 is 0 Å². The van der Waals surface area contributed by atoms with Crippen molar-refractivity contribution in [1.82, 2.24) is 9.97 Å². The van der Waals surface area contributed by atoms with Crippen LogP contribution < -0.4 is 20.1 Å². The van der Waals surface area contributed by atoms with Gasteiger partial charge in [-0.25, -0.2) is 18.2 Å². The molecule has 1 aromatic heterocycles. The van der Waals surface area contributed by atoms with Gasteiger partial charge in [-0.05, 0) is 51.1 Å². The number of nitrogens with two attached hydrogens (primary N) is 1. The predicted molar refractivity (Wildman–Crippen MR) is 133 cm³/mol. The van der Waals surface area contributed by atoms with E-state index in [4.69, 9.17) is 20.6 Å². The van der Waals surface area contributed by atoms with E-state index in [2.05, 4.69) is 9.97 Å². The molecular formula is C26H26F3N5O2. The fourth-order valence-corrected chi connectivity index (χ4v) is 3.73. The Balaban J connectivity index is 1.83. The molecule has 0 aliphatic heterocycles. The van der Waals surface area contributed by atoms with E-state index < -0.39 is 17.5 Å². The number of benzene rings is 3. The highest BCUT2D eigenvalue weighted by molar-refractivity contribution is 5.95. The maximum atomic E-state index is 15.5. The lowest BCUT2D eigenvalue weighted by atomic mass is 10.1. The molecule has 0 atom stereocenters. The van der Waals surface area contributed by atoms with Gasteiger partial charge in [-0.3, -0.25) is 5.41 Å². The quantitative estimate of drug-likeness (QED) is 0.201. The van der Waals surface area contributed by atoms with E-state index in [-0.39, 0.29) is 46.8 Å². The Hall–Kier alpha value is -4.21. The molecule has 0 radical (unpaired) electrons. The first-order valence-electron chi connectivity index (χ1n) is 11.3. The summed E-state index contributed by atoms with van der Waals surface area (Å²) >= 11 is 0. The Bertz CT molecular complexity index is 1360. The van der Waals surface area contributed by atoms with Crippen molar-refractivity contribution in [2.45, 2.75) is 33.4 Å². The largest absolute Gasteiger partial charge is 0.494 e. The van der Waals surface area contributed by atoms with Crippen LogP contribution in [0.1, 0.15) is 31.9 Å². The van der Waals surface area contributed by atoms with Crippen molar-refractivity contribution in [3.8, 4) is 11.5 Å². The number of fused-ring (bicyclic) bond motifs is 1. The fourth-order valence-electron chi connectivity index (χ4n) is 3.73. The molecule has 0 fully saturated rings. The minimum Gasteiger partial charge on any atom is -0.494 e. The maximum absolute atomic E-state index is 15.5. The Morgan fingerprint density at radius 3 is 2.42 bits per heavy atom. The molecule has 0 aliphatic rings. The normalized spacial score (nSPS) is 11.2. The SMILES string of the molecule is CCOc1cc(CN(c2ccc(C(=N)N)cc2)c2nc3cc(F)c(F)cc3[nH]2)c(F)c(OC(C)C)c1. The van der Waals surface area contributed by atoms with E-state index in [9.17, 15) is 8.78 Å². The number of hydrogen-bond acceptors (Lipinski definition) is 5. The lowest BCUT2D eigenvalue weighted by Crippen LogP contribution is -2.20. The van der Waals surface area contributed by atoms with Crippen molar-refractivity contribution >= 4 is 28.5 Å². The van der Waals surface area contributed by atoms with Crippen LogP contribution in [-0.2, 0) is 6.54 Å². The average Bonchev–Trinajstić information content (AvgIpc) is 3.22. The third kappa shape index (κ3) is 5.22. The molecule has 0 unspecified atom stereocenters. The summed E-state index contributed by atoms with van der Waals surface area (Å²) in [5.41, 5.74) is 7.40. The van der Waals surface area contributed by atoms with Gasteiger partial charge < -0.3 is 25.1 Å². The first-order valence-corrected chi connectivity index (χ1v) is 11.3. The molecule has 1 heterocycles. The standard InChI is InChI=1S/C26H26F3N5O2/c1-4-35-18-9-16(24(29)23(10-18)36-14(2)3)13-34(17-7-5-15(6-8-17)25(30)31)26-32-21-11-19(27)20(28)12-22(21)33-26/h5-12,14H,4,13H2,1-3H3,(H3,30,31)(H,32,33). The number of imidazole rings is 1. The molecule has 7 nitrogen and oxygen atoms in total. The molecule has 0 bridgehead atoms. The smallest absolute Gasteiger partial charge is 0.208 e. The summed E-state index contributed by atoms with van der Waals surface area (Å²) in [5, 5.41) is 7.64. The van der Waals surface area contributed by atoms with Gasteiger partial charge in [-0.2, -0.15) is 0 Å². The van der Waals surface area contributed by atoms with E-state index >= 15 is 4.39 Å². The molecule has 3 aromatic carbocycles. The minimum absolute atomic E-state index is 0.0224. The van der Waals surface area contributed by atoms with Crippen molar-refractivity contribution in [2.75, 3.05) is 11.5 Å². The summed E-state index contributed by atoms with van der Waals surface area (Å²) in [5.74, 6) is -1.99. The first kappa shape index (κ1) is 24.9. The van der Waals surface area contributed by atoms with Crippen molar-refractivity contribution in [2.24, 2.45) is 5.73 Å². The lowest BCUT2D eigenvalue weighted by molar-refractivity contribution is 0.228. The van der Waals surface area contributed by atoms with E-state index in [0.717, 1.165) is 12.1 Å². The van der Waals surface area contributed by atoms with Crippen LogP contribution in [0.2, 0.25) is 0 Å². The molecule has 4 aromatic rings. The lowest BCUT2D eigenvalue weighted by Gasteiger charge is -2.24. The molecule has 0 spiro atoms. The zero-order valence-electron chi connectivity index (χ0n) is 20.0. The summed E-state index contributed by atoms with van der Waals surface area (Å²) < 4.78 is 54.5. The van der Waals surface area contributed by atoms with Crippen LogP contribution in [0.15, 0.2) is 48.5 Å². The zero-order chi connectivity index (χ0) is 26.0. The Morgan fingerprint density at radius 1 is 1.08 bits per heavy atom. The van der Waals surface area contributed by atoms with Gasteiger partial charge in [0, 0.05) is 35.0 Å². The van der Waals surface area contributed by atoms with Gasteiger partial charge in [0.15, 0.2) is 23.2 Å². The number of halogens is 3. The number of rotatable bonds is 9. The molecule has 0 saturated carbocycles. The van der Waals surface area contributed by atoms with Crippen LogP contribution in [0, 0.1) is 22.9 Å². The highest BCUT2D eigenvalue weighted by Crippen LogP contribution is 2.33. The Labute approximate surface area is 206 Å². The molecule has 0 amide bonds. The zero-order valence-corrected chi connectivity index (χ0v) is 20.0. The second-order valence-electron chi connectivity index (χ2n) is 8.38. The predicted octanol–water partition coefficient (Wildman–Crippen LogP) is 5.79. The van der Waals surface area contributed by atoms with E-state index in [1.807, 2.05) is 6.92 Å². The fraction of sp³-hybridized carbons (Fsp3) is 0.231. The molecule has 0 saturated heterocycles.